The number of likely N-dealkylation sites (tertiary alicyclic amines) is 1. The van der Waals surface area contributed by atoms with Crippen LogP contribution in [-0.2, 0) is 11.3 Å². The largest absolute Gasteiger partial charge is 0.325 e. The smallest absolute Gasteiger partial charge is 0.241 e. The number of carbonyl (C=O) groups excluding carboxylic acids is 1. The van der Waals surface area contributed by atoms with Gasteiger partial charge in [0.2, 0.25) is 5.91 Å². The minimum atomic E-state index is -0.0185. The summed E-state index contributed by atoms with van der Waals surface area (Å²) in [5.41, 5.74) is 2.22. The second kappa shape index (κ2) is 10.2. The molecule has 3 rings (SSSR count). The molecular weight excluding hydrogens is 345 g/mol. The molecule has 2 aliphatic heterocycles. The third-order valence-electron chi connectivity index (χ3n) is 4.88. The van der Waals surface area contributed by atoms with Crippen molar-refractivity contribution in [1.82, 2.24) is 10.2 Å². The average molecular weight is 374 g/mol. The molecule has 0 bridgehead atoms. The van der Waals surface area contributed by atoms with Crippen molar-refractivity contribution < 1.29 is 4.79 Å². The summed E-state index contributed by atoms with van der Waals surface area (Å²) in [4.78, 5) is 14.6. The Hall–Kier alpha value is -0.810. The Bertz CT molecular complexity index is 495. The van der Waals surface area contributed by atoms with Crippen LogP contribution in [-0.4, -0.2) is 36.5 Å². The normalized spacial score (nSPS) is 21.6. The molecule has 1 unspecified atom stereocenters. The van der Waals surface area contributed by atoms with E-state index in [-0.39, 0.29) is 36.8 Å². The van der Waals surface area contributed by atoms with E-state index >= 15 is 0 Å². The van der Waals surface area contributed by atoms with Crippen LogP contribution < -0.4 is 10.6 Å². The van der Waals surface area contributed by atoms with Gasteiger partial charge in [-0.15, -0.1) is 24.8 Å². The third kappa shape index (κ3) is 5.92. The van der Waals surface area contributed by atoms with E-state index in [1.807, 2.05) is 12.1 Å². The molecule has 2 saturated heterocycles. The summed E-state index contributed by atoms with van der Waals surface area (Å²) in [7, 11) is 0. The number of carbonyl (C=O) groups is 1. The first kappa shape index (κ1) is 21.2. The van der Waals surface area contributed by atoms with Crippen molar-refractivity contribution in [1.29, 1.82) is 0 Å². The summed E-state index contributed by atoms with van der Waals surface area (Å²) in [6.45, 7) is 6.71. The molecule has 0 aromatic heterocycles. The lowest BCUT2D eigenvalue weighted by atomic mass is 9.99. The Kier molecular flexibility index (Phi) is 9.06. The zero-order chi connectivity index (χ0) is 15.4. The number of anilines is 1. The molecule has 0 spiro atoms. The highest BCUT2D eigenvalue weighted by Gasteiger charge is 2.21. The first-order chi connectivity index (χ1) is 10.7. The molecule has 0 aliphatic carbocycles. The van der Waals surface area contributed by atoms with Crippen LogP contribution in [0.4, 0.5) is 5.69 Å². The Morgan fingerprint density at radius 3 is 2.42 bits per heavy atom. The van der Waals surface area contributed by atoms with Gasteiger partial charge in [0, 0.05) is 12.2 Å². The molecule has 136 valence electrons. The van der Waals surface area contributed by atoms with Crippen LogP contribution in [0, 0.1) is 5.92 Å². The summed E-state index contributed by atoms with van der Waals surface area (Å²) < 4.78 is 0. The zero-order valence-electron chi connectivity index (χ0n) is 14.3. The number of amides is 1. The van der Waals surface area contributed by atoms with Crippen molar-refractivity contribution in [3.8, 4) is 0 Å². The number of benzene rings is 1. The van der Waals surface area contributed by atoms with Gasteiger partial charge in [0.1, 0.15) is 0 Å². The Morgan fingerprint density at radius 2 is 1.83 bits per heavy atom. The van der Waals surface area contributed by atoms with Crippen molar-refractivity contribution in [2.24, 2.45) is 5.92 Å². The van der Waals surface area contributed by atoms with Crippen LogP contribution in [0.3, 0.4) is 0 Å². The summed E-state index contributed by atoms with van der Waals surface area (Å²) in [5, 5.41) is 6.23. The number of hydrogen-bond acceptors (Lipinski definition) is 3. The maximum absolute atomic E-state index is 12.1. The van der Waals surface area contributed by atoms with Crippen LogP contribution in [0.15, 0.2) is 24.3 Å². The lowest BCUT2D eigenvalue weighted by Crippen LogP contribution is -2.35. The first-order valence-electron chi connectivity index (χ1n) is 8.56. The van der Waals surface area contributed by atoms with E-state index < -0.39 is 0 Å². The summed E-state index contributed by atoms with van der Waals surface area (Å²) in [6.07, 6.45) is 4.65. The second-order valence-electron chi connectivity index (χ2n) is 6.79. The van der Waals surface area contributed by atoms with Crippen LogP contribution in [0.2, 0.25) is 0 Å². The van der Waals surface area contributed by atoms with Gasteiger partial charge in [0.15, 0.2) is 0 Å². The highest BCUT2D eigenvalue weighted by molar-refractivity contribution is 5.95. The van der Waals surface area contributed by atoms with Crippen molar-refractivity contribution >= 4 is 36.4 Å². The fraction of sp³-hybridized carbons (Fsp3) is 0.611. The maximum Gasteiger partial charge on any atom is 0.241 e. The molecule has 2 heterocycles. The molecule has 1 aromatic rings. The zero-order valence-corrected chi connectivity index (χ0v) is 15.9. The van der Waals surface area contributed by atoms with E-state index in [0.717, 1.165) is 37.5 Å². The topological polar surface area (TPSA) is 44.4 Å². The molecule has 0 saturated carbocycles. The van der Waals surface area contributed by atoms with Crippen molar-refractivity contribution in [2.45, 2.75) is 45.2 Å². The van der Waals surface area contributed by atoms with Gasteiger partial charge in [-0.1, -0.05) is 19.1 Å². The number of rotatable bonds is 4. The van der Waals surface area contributed by atoms with E-state index in [2.05, 4.69) is 34.6 Å². The molecule has 2 fully saturated rings. The lowest BCUT2D eigenvalue weighted by molar-refractivity contribution is -0.117. The molecule has 2 aliphatic rings. The SMILES string of the molecule is CC1CCN(Cc2ccc(NC(=O)C3CCCN3)cc2)CC1.Cl.Cl. The monoisotopic (exact) mass is 373 g/mol. The predicted molar refractivity (Wildman–Crippen MR) is 104 cm³/mol. The van der Waals surface area contributed by atoms with Crippen LogP contribution >= 0.6 is 24.8 Å². The van der Waals surface area contributed by atoms with Gasteiger partial charge < -0.3 is 10.6 Å². The fourth-order valence-electron chi connectivity index (χ4n) is 3.31. The molecular formula is C18H29Cl2N3O. The van der Waals surface area contributed by atoms with Crippen LogP contribution in [0.5, 0.6) is 0 Å². The minimum Gasteiger partial charge on any atom is -0.325 e. The van der Waals surface area contributed by atoms with Crippen molar-refractivity contribution in [2.75, 3.05) is 25.0 Å². The molecule has 1 amide bonds. The quantitative estimate of drug-likeness (QED) is 0.849. The van der Waals surface area contributed by atoms with E-state index in [4.69, 9.17) is 0 Å². The number of piperidine rings is 1. The van der Waals surface area contributed by atoms with Gasteiger partial charge in [-0.2, -0.15) is 0 Å². The molecule has 1 aromatic carbocycles. The summed E-state index contributed by atoms with van der Waals surface area (Å²) in [6, 6.07) is 8.30. The molecule has 2 N–H and O–H groups in total. The molecule has 4 nitrogen and oxygen atoms in total. The van der Waals surface area contributed by atoms with E-state index in [1.165, 1.54) is 31.5 Å². The molecule has 24 heavy (non-hydrogen) atoms. The molecule has 6 heteroatoms. The van der Waals surface area contributed by atoms with E-state index in [1.54, 1.807) is 0 Å². The van der Waals surface area contributed by atoms with Crippen molar-refractivity contribution in [3.63, 3.8) is 0 Å². The fourth-order valence-corrected chi connectivity index (χ4v) is 3.31. The predicted octanol–water partition coefficient (Wildman–Crippen LogP) is 3.45. The molecule has 0 radical (unpaired) electrons. The number of nitrogens with zero attached hydrogens (tertiary/aromatic N) is 1. The number of hydrogen-bond donors (Lipinski definition) is 2. The summed E-state index contributed by atoms with van der Waals surface area (Å²) in [5.74, 6) is 0.966. The van der Waals surface area contributed by atoms with Gasteiger partial charge in [-0.3, -0.25) is 9.69 Å². The van der Waals surface area contributed by atoms with Gasteiger partial charge in [-0.05, 0) is 68.9 Å². The van der Waals surface area contributed by atoms with Crippen LogP contribution in [0.25, 0.3) is 0 Å². The lowest BCUT2D eigenvalue weighted by Gasteiger charge is -2.30. The van der Waals surface area contributed by atoms with Gasteiger partial charge >= 0.3 is 0 Å². The van der Waals surface area contributed by atoms with Gasteiger partial charge in [-0.25, -0.2) is 0 Å². The second-order valence-corrected chi connectivity index (χ2v) is 6.79. The number of halogens is 2. The Labute approximate surface area is 157 Å². The Balaban J connectivity index is 0.00000144. The Morgan fingerprint density at radius 1 is 1.17 bits per heavy atom. The third-order valence-corrected chi connectivity index (χ3v) is 4.88. The highest BCUT2D eigenvalue weighted by Crippen LogP contribution is 2.19. The average Bonchev–Trinajstić information content (AvgIpc) is 3.06. The first-order valence-corrected chi connectivity index (χ1v) is 8.56. The van der Waals surface area contributed by atoms with E-state index in [0.29, 0.717) is 0 Å². The van der Waals surface area contributed by atoms with Crippen molar-refractivity contribution in [3.05, 3.63) is 29.8 Å². The maximum atomic E-state index is 12.1. The van der Waals surface area contributed by atoms with Gasteiger partial charge in [0.25, 0.3) is 0 Å². The molecule has 1 atom stereocenters. The van der Waals surface area contributed by atoms with Gasteiger partial charge in [0.05, 0.1) is 6.04 Å². The van der Waals surface area contributed by atoms with Crippen LogP contribution in [0.1, 0.15) is 38.2 Å². The van der Waals surface area contributed by atoms with E-state index in [9.17, 15) is 4.79 Å². The summed E-state index contributed by atoms with van der Waals surface area (Å²) >= 11 is 0. The number of nitrogens with one attached hydrogen (secondary N) is 2. The standard InChI is InChI=1S/C18H27N3O.2ClH/c1-14-8-11-21(12-9-14)13-15-4-6-16(7-5-15)20-18(22)17-3-2-10-19-17;;/h4-7,14,17,19H,2-3,8-13H2,1H3,(H,20,22);2*1H. The highest BCUT2D eigenvalue weighted by atomic mass is 35.5. The minimum absolute atomic E-state index is 0.